The van der Waals surface area contributed by atoms with E-state index in [9.17, 15) is 9.59 Å². The highest BCUT2D eigenvalue weighted by molar-refractivity contribution is 5.86. The maximum absolute atomic E-state index is 12.6. The van der Waals surface area contributed by atoms with E-state index in [-0.39, 0.29) is 11.9 Å². The molecule has 1 fully saturated rings. The van der Waals surface area contributed by atoms with Gasteiger partial charge in [-0.25, -0.2) is 9.59 Å². The van der Waals surface area contributed by atoms with Crippen molar-refractivity contribution < 1.29 is 19.1 Å². The third kappa shape index (κ3) is 11.8. The van der Waals surface area contributed by atoms with E-state index in [1.54, 1.807) is 0 Å². The standard InChI is InChI=1S/C25H47NO4/c1-4-5-6-7-8-9-10-11-12-13-14-17-20-29-23(27)25(18-15-16-19-25)26-24(28)30-21-22(2)3/h22H,4-21H2,1-3H3,(H,26,28). The molecule has 5 nitrogen and oxygen atoms in total. The molecule has 0 bridgehead atoms. The molecule has 1 rings (SSSR count). The molecule has 0 aromatic heterocycles. The molecular formula is C25H47NO4. The van der Waals surface area contributed by atoms with Gasteiger partial charge in [0.05, 0.1) is 13.2 Å². The Hall–Kier alpha value is -1.26. The van der Waals surface area contributed by atoms with Crippen molar-refractivity contribution in [1.82, 2.24) is 5.32 Å². The van der Waals surface area contributed by atoms with Crippen LogP contribution in [0.3, 0.4) is 0 Å². The molecule has 0 heterocycles. The number of nitrogens with one attached hydrogen (secondary N) is 1. The van der Waals surface area contributed by atoms with Crippen LogP contribution in [0.2, 0.25) is 0 Å². The lowest BCUT2D eigenvalue weighted by molar-refractivity contribution is -0.151. The Labute approximate surface area is 185 Å². The van der Waals surface area contributed by atoms with Crippen LogP contribution in [-0.2, 0) is 14.3 Å². The van der Waals surface area contributed by atoms with E-state index in [4.69, 9.17) is 9.47 Å². The van der Waals surface area contributed by atoms with Gasteiger partial charge < -0.3 is 14.8 Å². The Morgan fingerprint density at radius 2 is 1.30 bits per heavy atom. The monoisotopic (exact) mass is 425 g/mol. The van der Waals surface area contributed by atoms with E-state index >= 15 is 0 Å². The average molecular weight is 426 g/mol. The van der Waals surface area contributed by atoms with Gasteiger partial charge in [0.15, 0.2) is 0 Å². The van der Waals surface area contributed by atoms with Gasteiger partial charge in [-0.2, -0.15) is 0 Å². The Morgan fingerprint density at radius 1 is 0.800 bits per heavy atom. The molecule has 0 unspecified atom stereocenters. The summed E-state index contributed by atoms with van der Waals surface area (Å²) in [5, 5.41) is 2.81. The van der Waals surface area contributed by atoms with Crippen molar-refractivity contribution in [2.45, 2.75) is 129 Å². The number of carbonyl (C=O) groups excluding carboxylic acids is 2. The quantitative estimate of drug-likeness (QED) is 0.203. The van der Waals surface area contributed by atoms with E-state index in [0.29, 0.717) is 26.1 Å². The summed E-state index contributed by atoms with van der Waals surface area (Å²) >= 11 is 0. The lowest BCUT2D eigenvalue weighted by Gasteiger charge is -2.27. The molecule has 0 spiro atoms. The van der Waals surface area contributed by atoms with Crippen LogP contribution in [0.4, 0.5) is 4.79 Å². The third-order valence-electron chi connectivity index (χ3n) is 5.97. The van der Waals surface area contributed by atoms with Crippen LogP contribution >= 0.6 is 0 Å². The number of alkyl carbamates (subject to hydrolysis) is 1. The lowest BCUT2D eigenvalue weighted by atomic mass is 9.98. The fraction of sp³-hybridized carbons (Fsp3) is 0.920. The van der Waals surface area contributed by atoms with Crippen molar-refractivity contribution in [3.63, 3.8) is 0 Å². The summed E-state index contributed by atoms with van der Waals surface area (Å²) in [4.78, 5) is 24.7. The van der Waals surface area contributed by atoms with Gasteiger partial charge in [-0.05, 0) is 25.2 Å². The number of unbranched alkanes of at least 4 members (excludes halogenated alkanes) is 11. The van der Waals surface area contributed by atoms with E-state index in [1.165, 1.54) is 64.2 Å². The van der Waals surface area contributed by atoms with Gasteiger partial charge in [-0.15, -0.1) is 0 Å². The van der Waals surface area contributed by atoms with Crippen molar-refractivity contribution >= 4 is 12.1 Å². The van der Waals surface area contributed by atoms with Crippen molar-refractivity contribution in [2.75, 3.05) is 13.2 Å². The molecule has 0 aromatic rings. The molecule has 1 aliphatic rings. The second-order valence-corrected chi connectivity index (χ2v) is 9.43. The Balaban J connectivity index is 2.09. The topological polar surface area (TPSA) is 64.6 Å². The molecular weight excluding hydrogens is 378 g/mol. The van der Waals surface area contributed by atoms with Crippen LogP contribution < -0.4 is 5.32 Å². The Kier molecular flexibility index (Phi) is 14.7. The number of ether oxygens (including phenoxy) is 2. The van der Waals surface area contributed by atoms with Crippen LogP contribution in [0.5, 0.6) is 0 Å². The zero-order valence-corrected chi connectivity index (χ0v) is 19.9. The van der Waals surface area contributed by atoms with Crippen molar-refractivity contribution in [3.8, 4) is 0 Å². The molecule has 0 atom stereocenters. The first-order chi connectivity index (χ1) is 14.5. The summed E-state index contributed by atoms with van der Waals surface area (Å²) in [6.45, 7) is 7.04. The van der Waals surface area contributed by atoms with Crippen LogP contribution in [0.1, 0.15) is 124 Å². The summed E-state index contributed by atoms with van der Waals surface area (Å²) in [6.07, 6.45) is 18.0. The minimum Gasteiger partial charge on any atom is -0.464 e. The highest BCUT2D eigenvalue weighted by Crippen LogP contribution is 2.31. The zero-order chi connectivity index (χ0) is 22.1. The Morgan fingerprint density at radius 3 is 1.80 bits per heavy atom. The summed E-state index contributed by atoms with van der Waals surface area (Å²) in [5.41, 5.74) is -0.884. The van der Waals surface area contributed by atoms with Crippen molar-refractivity contribution in [1.29, 1.82) is 0 Å². The molecule has 1 aliphatic carbocycles. The minimum absolute atomic E-state index is 0.271. The summed E-state index contributed by atoms with van der Waals surface area (Å²) in [6, 6.07) is 0. The SMILES string of the molecule is CCCCCCCCCCCCCCOC(=O)C1(NC(=O)OCC(C)C)CCCC1. The maximum Gasteiger partial charge on any atom is 0.408 e. The lowest BCUT2D eigenvalue weighted by Crippen LogP contribution is -2.53. The Bertz CT molecular complexity index is 458. The highest BCUT2D eigenvalue weighted by Gasteiger charge is 2.44. The highest BCUT2D eigenvalue weighted by atomic mass is 16.6. The molecule has 5 heteroatoms. The number of hydrogen-bond donors (Lipinski definition) is 1. The first-order valence-electron chi connectivity index (χ1n) is 12.6. The number of rotatable bonds is 17. The molecule has 176 valence electrons. The van der Waals surface area contributed by atoms with Gasteiger partial charge >= 0.3 is 12.1 Å². The predicted octanol–water partition coefficient (Wildman–Crippen LogP) is 6.93. The fourth-order valence-corrected chi connectivity index (χ4v) is 4.08. The number of hydrogen-bond acceptors (Lipinski definition) is 4. The largest absolute Gasteiger partial charge is 0.464 e. The van der Waals surface area contributed by atoms with Crippen LogP contribution in [0, 0.1) is 5.92 Å². The van der Waals surface area contributed by atoms with Gasteiger partial charge in [0, 0.05) is 0 Å². The van der Waals surface area contributed by atoms with Gasteiger partial charge in [0.2, 0.25) is 0 Å². The van der Waals surface area contributed by atoms with Crippen LogP contribution in [-0.4, -0.2) is 30.8 Å². The van der Waals surface area contributed by atoms with E-state index in [0.717, 1.165) is 25.7 Å². The second kappa shape index (κ2) is 16.4. The average Bonchev–Trinajstić information content (AvgIpc) is 3.19. The molecule has 1 amide bonds. The molecule has 1 saturated carbocycles. The normalized spacial score (nSPS) is 15.3. The van der Waals surface area contributed by atoms with Gasteiger partial charge in [0.25, 0.3) is 0 Å². The van der Waals surface area contributed by atoms with Gasteiger partial charge in [-0.1, -0.05) is 104 Å². The van der Waals surface area contributed by atoms with Crippen molar-refractivity contribution in [3.05, 3.63) is 0 Å². The minimum atomic E-state index is -0.884. The first-order valence-corrected chi connectivity index (χ1v) is 12.6. The van der Waals surface area contributed by atoms with Gasteiger partial charge in [-0.3, -0.25) is 0 Å². The smallest absolute Gasteiger partial charge is 0.408 e. The summed E-state index contributed by atoms with van der Waals surface area (Å²) < 4.78 is 10.7. The number of esters is 1. The van der Waals surface area contributed by atoms with E-state index < -0.39 is 11.6 Å². The molecule has 0 aromatic carbocycles. The molecule has 30 heavy (non-hydrogen) atoms. The summed E-state index contributed by atoms with van der Waals surface area (Å²) in [7, 11) is 0. The summed E-state index contributed by atoms with van der Waals surface area (Å²) in [5.74, 6) is -0.0161. The second-order valence-electron chi connectivity index (χ2n) is 9.43. The third-order valence-corrected chi connectivity index (χ3v) is 5.97. The maximum atomic E-state index is 12.6. The van der Waals surface area contributed by atoms with Crippen LogP contribution in [0.25, 0.3) is 0 Å². The van der Waals surface area contributed by atoms with Crippen LogP contribution in [0.15, 0.2) is 0 Å². The molecule has 0 radical (unpaired) electrons. The molecule has 0 aliphatic heterocycles. The molecule has 0 saturated heterocycles. The first kappa shape index (κ1) is 26.8. The zero-order valence-electron chi connectivity index (χ0n) is 19.9. The fourth-order valence-electron chi connectivity index (χ4n) is 4.08. The van der Waals surface area contributed by atoms with E-state index in [2.05, 4.69) is 12.2 Å². The molecule has 1 N–H and O–H groups in total. The predicted molar refractivity (Wildman–Crippen MR) is 123 cm³/mol. The number of amides is 1. The van der Waals surface area contributed by atoms with Crippen molar-refractivity contribution in [2.24, 2.45) is 5.92 Å². The van der Waals surface area contributed by atoms with Gasteiger partial charge in [0.1, 0.15) is 5.54 Å². The van der Waals surface area contributed by atoms with E-state index in [1.807, 2.05) is 13.8 Å². The number of carbonyl (C=O) groups is 2.